The van der Waals surface area contributed by atoms with Gasteiger partial charge in [-0.05, 0) is 52.1 Å². The number of rotatable bonds is 7. The van der Waals surface area contributed by atoms with Crippen LogP contribution in [0.25, 0.3) is 33.9 Å². The Morgan fingerprint density at radius 3 is 2.12 bits per heavy atom. The van der Waals surface area contributed by atoms with Gasteiger partial charge in [0.25, 0.3) is 5.56 Å². The molecule has 0 saturated heterocycles. The predicted octanol–water partition coefficient (Wildman–Crippen LogP) is 3.18. The smallest absolute Gasteiger partial charge is 0.262 e. The van der Waals surface area contributed by atoms with Gasteiger partial charge in [-0.15, -0.1) is 20.4 Å². The summed E-state index contributed by atoms with van der Waals surface area (Å²) in [7, 11) is 0. The fraction of sp³-hybridized carbons (Fsp3) is 0.208. The molecule has 0 saturated carbocycles. The lowest BCUT2D eigenvalue weighted by molar-refractivity contribution is 0.713. The Morgan fingerprint density at radius 1 is 0.853 bits per heavy atom. The summed E-state index contributed by atoms with van der Waals surface area (Å²) >= 11 is 0. The van der Waals surface area contributed by atoms with Gasteiger partial charge in [0.15, 0.2) is 0 Å². The molecule has 2 aromatic carbocycles. The third-order valence-electron chi connectivity index (χ3n) is 5.89. The van der Waals surface area contributed by atoms with Crippen LogP contribution in [0.2, 0.25) is 0 Å². The number of aromatic amines is 2. The summed E-state index contributed by atoms with van der Waals surface area (Å²) in [6.45, 7) is 4.55. The molecule has 2 N–H and O–H groups in total. The van der Waals surface area contributed by atoms with E-state index in [0.29, 0.717) is 23.8 Å². The van der Waals surface area contributed by atoms with E-state index in [4.69, 9.17) is 0 Å². The third-order valence-corrected chi connectivity index (χ3v) is 5.89. The van der Waals surface area contributed by atoms with Crippen LogP contribution in [0.1, 0.15) is 30.2 Å². The number of nitrogens with one attached hydrogen (secondary N) is 2. The third kappa shape index (κ3) is 4.01. The van der Waals surface area contributed by atoms with E-state index < -0.39 is 0 Å². The number of aromatic nitrogens is 9. The zero-order valence-corrected chi connectivity index (χ0v) is 18.9. The molecule has 3 aromatic heterocycles. The summed E-state index contributed by atoms with van der Waals surface area (Å²) in [4.78, 5) is 13.3. The molecule has 170 valence electrons. The Kier molecular flexibility index (Phi) is 5.77. The summed E-state index contributed by atoms with van der Waals surface area (Å²) in [5.41, 5.74) is 6.32. The highest BCUT2D eigenvalue weighted by Crippen LogP contribution is 2.30. The van der Waals surface area contributed by atoms with Crippen LogP contribution < -0.4 is 5.56 Å². The van der Waals surface area contributed by atoms with E-state index in [0.717, 1.165) is 46.4 Å². The van der Waals surface area contributed by atoms with Gasteiger partial charge < -0.3 is 4.57 Å². The number of tetrazole rings is 2. The lowest BCUT2D eigenvalue weighted by Crippen LogP contribution is -2.26. The number of H-pyrrole nitrogens is 2. The highest BCUT2D eigenvalue weighted by Gasteiger charge is 2.16. The van der Waals surface area contributed by atoms with Gasteiger partial charge in [-0.1, -0.05) is 61.9 Å². The topological polar surface area (TPSA) is 131 Å². The number of aryl methyl sites for hydroxylation is 1. The average molecular weight is 454 g/mol. The molecule has 0 bridgehead atoms. The van der Waals surface area contributed by atoms with Crippen LogP contribution in [-0.2, 0) is 13.0 Å². The quantitative estimate of drug-likeness (QED) is 0.387. The minimum absolute atomic E-state index is 0.134. The van der Waals surface area contributed by atoms with Crippen molar-refractivity contribution in [3.05, 3.63) is 81.8 Å². The second-order valence-electron chi connectivity index (χ2n) is 8.02. The molecule has 0 unspecified atom stereocenters. The first-order valence-corrected chi connectivity index (χ1v) is 11.0. The van der Waals surface area contributed by atoms with E-state index in [9.17, 15) is 4.79 Å². The van der Waals surface area contributed by atoms with Crippen molar-refractivity contribution in [1.82, 2.24) is 45.8 Å². The standard InChI is InChI=1S/C24H23N9O/c1-3-6-18-13-21(23-27-31-32-28-23)24(34)33(15(18)2)14-16-9-11-17(12-10-16)19-7-4-5-8-20(19)22-25-29-30-26-22/h4-5,7-13H,3,6,14H2,1-2H3,(H,25,26,29,30)(H,27,28,31,32). The van der Waals surface area contributed by atoms with Crippen LogP contribution in [0, 0.1) is 6.92 Å². The minimum Gasteiger partial charge on any atom is -0.308 e. The van der Waals surface area contributed by atoms with Gasteiger partial charge in [-0.25, -0.2) is 0 Å². The minimum atomic E-state index is -0.134. The molecule has 0 aliphatic carbocycles. The molecule has 10 nitrogen and oxygen atoms in total. The van der Waals surface area contributed by atoms with Crippen molar-refractivity contribution in [2.24, 2.45) is 0 Å². The lowest BCUT2D eigenvalue weighted by Gasteiger charge is -2.16. The fourth-order valence-corrected chi connectivity index (χ4v) is 4.14. The Labute approximate surface area is 195 Å². The number of hydrogen-bond acceptors (Lipinski definition) is 7. The highest BCUT2D eigenvalue weighted by molar-refractivity contribution is 5.80. The van der Waals surface area contributed by atoms with E-state index in [1.54, 1.807) is 4.57 Å². The molecule has 3 heterocycles. The second kappa shape index (κ2) is 9.18. The Bertz CT molecular complexity index is 1450. The van der Waals surface area contributed by atoms with Crippen molar-refractivity contribution >= 4 is 0 Å². The lowest BCUT2D eigenvalue weighted by atomic mass is 9.98. The average Bonchev–Trinajstić information content (AvgIpc) is 3.59. The molecular weight excluding hydrogens is 430 g/mol. The molecule has 10 heteroatoms. The van der Waals surface area contributed by atoms with Crippen molar-refractivity contribution in [3.63, 3.8) is 0 Å². The summed E-state index contributed by atoms with van der Waals surface area (Å²) in [5, 5.41) is 28.5. The first kappa shape index (κ1) is 21.4. The Hall–Kier alpha value is -4.47. The van der Waals surface area contributed by atoms with Gasteiger partial charge in [-0.2, -0.15) is 10.4 Å². The van der Waals surface area contributed by atoms with Crippen molar-refractivity contribution in [3.8, 4) is 33.9 Å². The van der Waals surface area contributed by atoms with E-state index in [2.05, 4.69) is 48.2 Å². The van der Waals surface area contributed by atoms with E-state index in [-0.39, 0.29) is 5.56 Å². The molecule has 34 heavy (non-hydrogen) atoms. The van der Waals surface area contributed by atoms with Gasteiger partial charge in [0.2, 0.25) is 11.6 Å². The summed E-state index contributed by atoms with van der Waals surface area (Å²) < 4.78 is 1.79. The number of nitrogens with zero attached hydrogens (tertiary/aromatic N) is 7. The van der Waals surface area contributed by atoms with Gasteiger partial charge in [0.1, 0.15) is 0 Å². The largest absolute Gasteiger partial charge is 0.308 e. The van der Waals surface area contributed by atoms with Crippen LogP contribution in [0.5, 0.6) is 0 Å². The zero-order valence-electron chi connectivity index (χ0n) is 18.9. The normalized spacial score (nSPS) is 11.1. The molecule has 0 aliphatic rings. The molecule has 0 spiro atoms. The molecule has 0 aliphatic heterocycles. The van der Waals surface area contributed by atoms with E-state index >= 15 is 0 Å². The summed E-state index contributed by atoms with van der Waals surface area (Å²) in [6, 6.07) is 18.0. The van der Waals surface area contributed by atoms with Crippen LogP contribution >= 0.6 is 0 Å². The second-order valence-corrected chi connectivity index (χ2v) is 8.02. The van der Waals surface area contributed by atoms with Crippen LogP contribution in [0.3, 0.4) is 0 Å². The van der Waals surface area contributed by atoms with Gasteiger partial charge in [0, 0.05) is 11.3 Å². The van der Waals surface area contributed by atoms with E-state index in [1.807, 2.05) is 61.5 Å². The molecule has 0 fully saturated rings. The molecule has 5 aromatic rings. The summed E-state index contributed by atoms with van der Waals surface area (Å²) in [6.07, 6.45) is 1.84. The van der Waals surface area contributed by atoms with E-state index in [1.165, 1.54) is 0 Å². The summed E-state index contributed by atoms with van der Waals surface area (Å²) in [5.74, 6) is 0.855. The first-order valence-electron chi connectivity index (χ1n) is 11.0. The van der Waals surface area contributed by atoms with Gasteiger partial charge in [-0.3, -0.25) is 4.79 Å². The monoisotopic (exact) mass is 453 g/mol. The number of hydrogen-bond donors (Lipinski definition) is 2. The zero-order chi connectivity index (χ0) is 23.5. The van der Waals surface area contributed by atoms with Crippen molar-refractivity contribution < 1.29 is 0 Å². The fourth-order valence-electron chi connectivity index (χ4n) is 4.14. The maximum Gasteiger partial charge on any atom is 0.262 e. The highest BCUT2D eigenvalue weighted by atomic mass is 16.1. The molecular formula is C24H23N9O. The molecule has 5 rings (SSSR count). The SMILES string of the molecule is CCCc1cc(-c2nn[nH]n2)c(=O)n(Cc2ccc(-c3ccccc3-c3nn[nH]n3)cc2)c1C. The maximum atomic E-state index is 13.3. The van der Waals surface area contributed by atoms with Crippen LogP contribution in [-0.4, -0.2) is 45.8 Å². The molecule has 0 radical (unpaired) electrons. The van der Waals surface area contributed by atoms with Gasteiger partial charge in [0.05, 0.1) is 12.1 Å². The van der Waals surface area contributed by atoms with Crippen LogP contribution in [0.15, 0.2) is 59.4 Å². The van der Waals surface area contributed by atoms with Gasteiger partial charge >= 0.3 is 0 Å². The van der Waals surface area contributed by atoms with Crippen LogP contribution in [0.4, 0.5) is 0 Å². The maximum absolute atomic E-state index is 13.3. The van der Waals surface area contributed by atoms with Crippen molar-refractivity contribution in [1.29, 1.82) is 0 Å². The Balaban J connectivity index is 1.50. The molecule has 0 amide bonds. The number of benzene rings is 2. The first-order chi connectivity index (χ1) is 16.7. The van der Waals surface area contributed by atoms with Crippen molar-refractivity contribution in [2.75, 3.05) is 0 Å². The van der Waals surface area contributed by atoms with Crippen molar-refractivity contribution in [2.45, 2.75) is 33.2 Å². The Morgan fingerprint density at radius 2 is 1.50 bits per heavy atom. The molecule has 0 atom stereocenters. The predicted molar refractivity (Wildman–Crippen MR) is 127 cm³/mol. The number of pyridine rings is 1.